The van der Waals surface area contributed by atoms with Gasteiger partial charge in [-0.15, -0.1) is 10.2 Å². The highest BCUT2D eigenvalue weighted by molar-refractivity contribution is 9.10. The molecule has 0 spiro atoms. The summed E-state index contributed by atoms with van der Waals surface area (Å²) < 4.78 is 17.1. The maximum Gasteiger partial charge on any atom is 0.253 e. The third-order valence-corrected chi connectivity index (χ3v) is 3.17. The van der Waals surface area contributed by atoms with Gasteiger partial charge >= 0.3 is 0 Å². The maximum atomic E-state index is 5.70. The van der Waals surface area contributed by atoms with E-state index in [0.29, 0.717) is 23.3 Å². The van der Waals surface area contributed by atoms with Crippen LogP contribution in [0.5, 0.6) is 11.5 Å². The molecule has 0 saturated carbocycles. The summed E-state index contributed by atoms with van der Waals surface area (Å²) in [6, 6.07) is 3.91. The summed E-state index contributed by atoms with van der Waals surface area (Å²) in [6.45, 7) is 2.68. The summed E-state index contributed by atoms with van der Waals surface area (Å²) in [6.07, 6.45) is 0. The summed E-state index contributed by atoms with van der Waals surface area (Å²) in [5.74, 6) is 2.21. The fourth-order valence-corrected chi connectivity index (χ4v) is 2.35. The second kappa shape index (κ2) is 6.71. The zero-order valence-corrected chi connectivity index (χ0v) is 13.2. The summed E-state index contributed by atoms with van der Waals surface area (Å²) in [5.41, 5.74) is 1.09. The number of aryl methyl sites for hydroxylation is 1. The number of halogens is 1. The molecule has 1 aromatic heterocycles. The Labute approximate surface area is 125 Å². The third kappa shape index (κ3) is 3.49. The molecule has 20 heavy (non-hydrogen) atoms. The van der Waals surface area contributed by atoms with Crippen LogP contribution in [0.4, 0.5) is 0 Å². The first kappa shape index (κ1) is 14.8. The van der Waals surface area contributed by atoms with E-state index in [0.717, 1.165) is 16.6 Å². The zero-order valence-electron chi connectivity index (χ0n) is 11.6. The number of ether oxygens (including phenoxy) is 2. The molecule has 0 radical (unpaired) electrons. The minimum absolute atomic E-state index is 0.196. The van der Waals surface area contributed by atoms with Crippen molar-refractivity contribution in [2.24, 2.45) is 0 Å². The van der Waals surface area contributed by atoms with Gasteiger partial charge in [-0.25, -0.2) is 0 Å². The van der Waals surface area contributed by atoms with E-state index in [1.807, 2.05) is 19.2 Å². The lowest BCUT2D eigenvalue weighted by Gasteiger charge is -2.13. The first-order chi connectivity index (χ1) is 9.63. The molecule has 1 N–H and O–H groups in total. The fourth-order valence-electron chi connectivity index (χ4n) is 1.75. The van der Waals surface area contributed by atoms with Gasteiger partial charge in [-0.2, -0.15) is 0 Å². The Morgan fingerprint density at radius 3 is 2.75 bits per heavy atom. The number of nitrogens with one attached hydrogen (secondary N) is 1. The van der Waals surface area contributed by atoms with Gasteiger partial charge in [-0.05, 0) is 40.7 Å². The smallest absolute Gasteiger partial charge is 0.253 e. The number of hydrogen-bond acceptors (Lipinski definition) is 6. The average molecular weight is 342 g/mol. The quantitative estimate of drug-likeness (QED) is 0.870. The highest BCUT2D eigenvalue weighted by atomic mass is 79.9. The molecule has 7 heteroatoms. The molecule has 0 fully saturated rings. The number of hydrogen-bond donors (Lipinski definition) is 1. The van der Waals surface area contributed by atoms with Crippen molar-refractivity contribution in [2.45, 2.75) is 20.1 Å². The predicted molar refractivity (Wildman–Crippen MR) is 76.8 cm³/mol. The average Bonchev–Trinajstić information content (AvgIpc) is 2.83. The Morgan fingerprint density at radius 2 is 2.15 bits per heavy atom. The molecule has 0 aliphatic heterocycles. The molecule has 0 amide bonds. The van der Waals surface area contributed by atoms with Crippen LogP contribution in [0.2, 0.25) is 0 Å². The molecule has 6 nitrogen and oxygen atoms in total. The lowest BCUT2D eigenvalue weighted by molar-refractivity contribution is 0.246. The van der Waals surface area contributed by atoms with Crippen molar-refractivity contribution < 1.29 is 13.9 Å². The normalized spacial score (nSPS) is 10.6. The van der Waals surface area contributed by atoms with Gasteiger partial charge in [0.25, 0.3) is 5.89 Å². The van der Waals surface area contributed by atoms with Crippen LogP contribution in [0.3, 0.4) is 0 Å². The lowest BCUT2D eigenvalue weighted by atomic mass is 10.2. The van der Waals surface area contributed by atoms with E-state index in [-0.39, 0.29) is 6.61 Å². The van der Waals surface area contributed by atoms with Crippen LogP contribution in [-0.4, -0.2) is 24.4 Å². The molecule has 1 aromatic carbocycles. The van der Waals surface area contributed by atoms with Gasteiger partial charge in [0, 0.05) is 13.5 Å². The molecule has 0 saturated heterocycles. The largest absolute Gasteiger partial charge is 0.493 e. The van der Waals surface area contributed by atoms with Gasteiger partial charge in [-0.3, -0.25) is 0 Å². The third-order valence-electron chi connectivity index (χ3n) is 2.58. The number of nitrogens with zero attached hydrogens (tertiary/aromatic N) is 2. The Kier molecular flexibility index (Phi) is 4.97. The van der Waals surface area contributed by atoms with Crippen molar-refractivity contribution >= 4 is 15.9 Å². The first-order valence-electron chi connectivity index (χ1n) is 6.06. The van der Waals surface area contributed by atoms with Crippen molar-refractivity contribution in [3.63, 3.8) is 0 Å². The Morgan fingerprint density at radius 1 is 1.35 bits per heavy atom. The van der Waals surface area contributed by atoms with Crippen LogP contribution in [0.1, 0.15) is 17.3 Å². The molecule has 0 bridgehead atoms. The Hall–Kier alpha value is -1.60. The summed E-state index contributed by atoms with van der Waals surface area (Å²) in [5, 5.41) is 10.7. The lowest BCUT2D eigenvalue weighted by Crippen LogP contribution is -2.06. The van der Waals surface area contributed by atoms with Crippen LogP contribution in [-0.2, 0) is 13.2 Å². The highest BCUT2D eigenvalue weighted by Gasteiger charge is 2.13. The molecule has 2 aromatic rings. The SMILES string of the molecule is CNCc1cc(Br)c(OCc2nnc(C)o2)c(OC)c1. The van der Waals surface area contributed by atoms with Gasteiger partial charge in [0.2, 0.25) is 5.89 Å². The van der Waals surface area contributed by atoms with E-state index in [2.05, 4.69) is 31.4 Å². The summed E-state index contributed by atoms with van der Waals surface area (Å²) >= 11 is 3.49. The minimum atomic E-state index is 0.196. The molecule has 2 rings (SSSR count). The summed E-state index contributed by atoms with van der Waals surface area (Å²) in [7, 11) is 3.50. The highest BCUT2D eigenvalue weighted by Crippen LogP contribution is 2.37. The van der Waals surface area contributed by atoms with Crippen molar-refractivity contribution in [1.82, 2.24) is 15.5 Å². The molecule has 0 aliphatic rings. The zero-order chi connectivity index (χ0) is 14.5. The van der Waals surface area contributed by atoms with Gasteiger partial charge in [0.1, 0.15) is 0 Å². The van der Waals surface area contributed by atoms with Gasteiger partial charge in [0.15, 0.2) is 18.1 Å². The maximum absolute atomic E-state index is 5.70. The van der Waals surface area contributed by atoms with Crippen molar-refractivity contribution in [3.8, 4) is 11.5 Å². The van der Waals surface area contributed by atoms with Crippen molar-refractivity contribution in [1.29, 1.82) is 0 Å². The Bertz CT molecular complexity index is 586. The van der Waals surface area contributed by atoms with Gasteiger partial charge in [-0.1, -0.05) is 0 Å². The molecular formula is C13H16BrN3O3. The Balaban J connectivity index is 2.17. The fraction of sp³-hybridized carbons (Fsp3) is 0.385. The van der Waals surface area contributed by atoms with E-state index in [4.69, 9.17) is 13.9 Å². The molecule has 0 aliphatic carbocycles. The van der Waals surface area contributed by atoms with E-state index >= 15 is 0 Å². The summed E-state index contributed by atoms with van der Waals surface area (Å²) in [4.78, 5) is 0. The predicted octanol–water partition coefficient (Wildman–Crippen LogP) is 2.45. The number of methoxy groups -OCH3 is 1. The van der Waals surface area contributed by atoms with Crippen LogP contribution in [0.25, 0.3) is 0 Å². The number of benzene rings is 1. The number of rotatable bonds is 6. The van der Waals surface area contributed by atoms with E-state index in [9.17, 15) is 0 Å². The molecular weight excluding hydrogens is 326 g/mol. The number of aromatic nitrogens is 2. The van der Waals surface area contributed by atoms with Gasteiger partial charge < -0.3 is 19.2 Å². The second-order valence-corrected chi connectivity index (χ2v) is 5.00. The van der Waals surface area contributed by atoms with Crippen LogP contribution < -0.4 is 14.8 Å². The monoisotopic (exact) mass is 341 g/mol. The standard InChI is InChI=1S/C13H16BrN3O3/c1-8-16-17-12(20-8)7-19-13-10(14)4-9(6-15-2)5-11(13)18-3/h4-5,15H,6-7H2,1-3H3. The van der Waals surface area contributed by atoms with Crippen LogP contribution in [0, 0.1) is 6.92 Å². The van der Waals surface area contributed by atoms with E-state index < -0.39 is 0 Å². The van der Waals surface area contributed by atoms with Crippen LogP contribution in [0.15, 0.2) is 21.0 Å². The first-order valence-corrected chi connectivity index (χ1v) is 6.86. The molecule has 1 heterocycles. The molecule has 0 unspecified atom stereocenters. The second-order valence-electron chi connectivity index (χ2n) is 4.14. The van der Waals surface area contributed by atoms with Gasteiger partial charge in [0.05, 0.1) is 11.6 Å². The van der Waals surface area contributed by atoms with E-state index in [1.54, 1.807) is 14.0 Å². The minimum Gasteiger partial charge on any atom is -0.493 e. The van der Waals surface area contributed by atoms with Crippen LogP contribution >= 0.6 is 15.9 Å². The topological polar surface area (TPSA) is 69.4 Å². The molecule has 108 valence electrons. The molecule has 0 atom stereocenters. The van der Waals surface area contributed by atoms with Crippen molar-refractivity contribution in [2.75, 3.05) is 14.2 Å². The van der Waals surface area contributed by atoms with E-state index in [1.165, 1.54) is 0 Å². The van der Waals surface area contributed by atoms with Crippen molar-refractivity contribution in [3.05, 3.63) is 34.0 Å².